The third kappa shape index (κ3) is 6.25. The van der Waals surface area contributed by atoms with E-state index in [1.807, 2.05) is 18.2 Å². The molecule has 3 heterocycles. The van der Waals surface area contributed by atoms with Gasteiger partial charge in [0.05, 0.1) is 39.5 Å². The van der Waals surface area contributed by atoms with Crippen LogP contribution in [0.2, 0.25) is 0 Å². The quantitative estimate of drug-likeness (QED) is 0.135. The molecule has 4 nitrogen and oxygen atoms in total. The smallest absolute Gasteiger partial charge is 0.0972 e. The van der Waals surface area contributed by atoms with Gasteiger partial charge in [0, 0.05) is 33.4 Å². The molecule has 2 N–H and O–H groups in total. The molecule has 0 spiro atoms. The number of hydrogen-bond donors (Lipinski definition) is 1. The minimum atomic E-state index is 0.334. The first-order valence-corrected chi connectivity index (χ1v) is 16.5. The van der Waals surface area contributed by atoms with Gasteiger partial charge in [-0.1, -0.05) is 128 Å². The Morgan fingerprint density at radius 1 is 0.625 bits per heavy atom. The zero-order chi connectivity index (χ0) is 33.0. The van der Waals surface area contributed by atoms with E-state index in [0.29, 0.717) is 11.6 Å². The fourth-order valence-electron chi connectivity index (χ4n) is 6.22. The minimum absolute atomic E-state index is 0.334. The van der Waals surface area contributed by atoms with Gasteiger partial charge in [-0.3, -0.25) is 0 Å². The van der Waals surface area contributed by atoms with Gasteiger partial charge in [-0.25, -0.2) is 15.0 Å². The second-order valence-corrected chi connectivity index (χ2v) is 12.3. The van der Waals surface area contributed by atoms with Crippen LogP contribution < -0.4 is 5.73 Å². The first-order chi connectivity index (χ1) is 23.5. The molecule has 0 aliphatic carbocycles. The number of benzene rings is 4. The Morgan fingerprint density at radius 3 is 1.77 bits per heavy atom. The molecule has 48 heavy (non-hydrogen) atoms. The van der Waals surface area contributed by atoms with Crippen molar-refractivity contribution < 1.29 is 0 Å². The highest BCUT2D eigenvalue weighted by Crippen LogP contribution is 2.31. The maximum absolute atomic E-state index is 6.77. The third-order valence-corrected chi connectivity index (χ3v) is 9.07. The summed E-state index contributed by atoms with van der Waals surface area (Å²) in [4.78, 5) is 15.3. The van der Waals surface area contributed by atoms with E-state index in [1.165, 1.54) is 5.56 Å². The average molecular weight is 623 g/mol. The van der Waals surface area contributed by atoms with Gasteiger partial charge in [0.1, 0.15) is 0 Å². The van der Waals surface area contributed by atoms with E-state index in [0.717, 1.165) is 78.8 Å². The summed E-state index contributed by atoms with van der Waals surface area (Å²) >= 11 is 0. The van der Waals surface area contributed by atoms with Crippen molar-refractivity contribution in [3.05, 3.63) is 168 Å². The lowest BCUT2D eigenvalue weighted by molar-refractivity contribution is 0.804. The summed E-state index contributed by atoms with van der Waals surface area (Å²) in [6.45, 7) is 6.33. The van der Waals surface area contributed by atoms with Gasteiger partial charge in [-0.15, -0.1) is 0 Å². The number of aryl methyl sites for hydroxylation is 1. The molecule has 0 amide bonds. The van der Waals surface area contributed by atoms with Gasteiger partial charge in [-0.2, -0.15) is 0 Å². The summed E-state index contributed by atoms with van der Waals surface area (Å²) in [6.07, 6.45) is 5.40. The highest BCUT2D eigenvalue weighted by molar-refractivity contribution is 6.04. The van der Waals surface area contributed by atoms with Crippen LogP contribution in [0.3, 0.4) is 0 Å². The summed E-state index contributed by atoms with van der Waals surface area (Å²) in [5.41, 5.74) is 19.2. The van der Waals surface area contributed by atoms with Crippen molar-refractivity contribution in [1.29, 1.82) is 0 Å². The molecule has 0 radical (unpaired) electrons. The maximum Gasteiger partial charge on any atom is 0.0972 e. The Bertz CT molecular complexity index is 2300. The molecule has 1 atom stereocenters. The van der Waals surface area contributed by atoms with E-state index in [9.17, 15) is 0 Å². The lowest BCUT2D eigenvalue weighted by Gasteiger charge is -2.13. The van der Waals surface area contributed by atoms with Crippen molar-refractivity contribution >= 4 is 27.5 Å². The predicted octanol–water partition coefficient (Wildman–Crippen LogP) is 10.9. The number of rotatable bonds is 8. The molecule has 234 valence electrons. The first kappa shape index (κ1) is 30.8. The van der Waals surface area contributed by atoms with E-state index in [1.54, 1.807) is 0 Å². The molecule has 0 bridgehead atoms. The lowest BCUT2D eigenvalue weighted by Crippen LogP contribution is -2.05. The number of fused-ring (bicyclic) bond motifs is 3. The summed E-state index contributed by atoms with van der Waals surface area (Å²) in [6, 6.07) is 46.1. The van der Waals surface area contributed by atoms with Crippen molar-refractivity contribution in [3.8, 4) is 33.8 Å². The van der Waals surface area contributed by atoms with Gasteiger partial charge in [0.25, 0.3) is 0 Å². The monoisotopic (exact) mass is 622 g/mol. The highest BCUT2D eigenvalue weighted by atomic mass is 14.8. The van der Waals surface area contributed by atoms with Crippen LogP contribution in [0.15, 0.2) is 151 Å². The van der Waals surface area contributed by atoms with Crippen LogP contribution in [-0.4, -0.2) is 15.0 Å². The van der Waals surface area contributed by atoms with E-state index in [4.69, 9.17) is 20.7 Å². The molecule has 0 aliphatic heterocycles. The first-order valence-electron chi connectivity index (χ1n) is 16.5. The Kier molecular flexibility index (Phi) is 8.63. The summed E-state index contributed by atoms with van der Waals surface area (Å²) < 4.78 is 0. The van der Waals surface area contributed by atoms with Gasteiger partial charge >= 0.3 is 0 Å². The molecule has 3 aromatic heterocycles. The van der Waals surface area contributed by atoms with E-state index >= 15 is 0 Å². The number of nitrogens with two attached hydrogens (primary N) is 1. The molecular weight excluding hydrogens is 585 g/mol. The summed E-state index contributed by atoms with van der Waals surface area (Å²) in [7, 11) is 0. The molecule has 0 aliphatic rings. The Hall–Kier alpha value is -5.87. The Labute approximate surface area is 282 Å². The zero-order valence-electron chi connectivity index (χ0n) is 27.6. The number of allylic oxidation sites excluding steroid dienone is 3. The molecule has 7 rings (SSSR count). The molecule has 0 saturated carbocycles. The van der Waals surface area contributed by atoms with Gasteiger partial charge in [-0.05, 0) is 61.2 Å². The van der Waals surface area contributed by atoms with Crippen LogP contribution in [0.25, 0.3) is 61.3 Å². The van der Waals surface area contributed by atoms with Crippen molar-refractivity contribution in [1.82, 2.24) is 15.0 Å². The average Bonchev–Trinajstić information content (AvgIpc) is 3.15. The molecular formula is C44H38N4. The number of pyridine rings is 3. The van der Waals surface area contributed by atoms with Crippen molar-refractivity contribution in [2.45, 2.75) is 33.1 Å². The Morgan fingerprint density at radius 2 is 1.15 bits per heavy atom. The fraction of sp³-hybridized carbons (Fsp3) is 0.114. The number of hydrogen-bond acceptors (Lipinski definition) is 4. The lowest BCUT2D eigenvalue weighted by atomic mass is 9.95. The summed E-state index contributed by atoms with van der Waals surface area (Å²) in [5.74, 6) is 0.334. The SMILES string of the molecule is CCC(/C=C\C(C)=C(/N)c1nc(-c2cccc(-c3ccc4ccc5ccc(-c6ccccc6)nc5c4n3)c2)ccc1C)c1ccccc1. The van der Waals surface area contributed by atoms with Gasteiger partial charge in [0.15, 0.2) is 0 Å². The fourth-order valence-corrected chi connectivity index (χ4v) is 6.22. The van der Waals surface area contributed by atoms with E-state index < -0.39 is 0 Å². The molecule has 4 aromatic carbocycles. The number of nitrogens with zero attached hydrogens (tertiary/aromatic N) is 3. The topological polar surface area (TPSA) is 64.7 Å². The van der Waals surface area contributed by atoms with Crippen molar-refractivity contribution in [2.24, 2.45) is 5.73 Å². The predicted molar refractivity (Wildman–Crippen MR) is 201 cm³/mol. The number of aromatic nitrogens is 3. The highest BCUT2D eigenvalue weighted by Gasteiger charge is 2.13. The zero-order valence-corrected chi connectivity index (χ0v) is 27.6. The molecule has 1 unspecified atom stereocenters. The molecule has 0 saturated heterocycles. The van der Waals surface area contributed by atoms with Crippen LogP contribution in [0.4, 0.5) is 0 Å². The van der Waals surface area contributed by atoms with Crippen molar-refractivity contribution in [3.63, 3.8) is 0 Å². The summed E-state index contributed by atoms with van der Waals surface area (Å²) in [5, 5.41) is 2.13. The van der Waals surface area contributed by atoms with Crippen LogP contribution in [-0.2, 0) is 0 Å². The molecule has 7 aromatic rings. The van der Waals surface area contributed by atoms with Gasteiger partial charge < -0.3 is 5.73 Å². The second kappa shape index (κ2) is 13.5. The van der Waals surface area contributed by atoms with Crippen LogP contribution in [0.1, 0.15) is 43.0 Å². The molecule has 4 heteroatoms. The van der Waals surface area contributed by atoms with Crippen molar-refractivity contribution in [2.75, 3.05) is 0 Å². The van der Waals surface area contributed by atoms with Crippen LogP contribution >= 0.6 is 0 Å². The largest absolute Gasteiger partial charge is 0.397 e. The third-order valence-electron chi connectivity index (χ3n) is 9.07. The Balaban J connectivity index is 1.22. The van der Waals surface area contributed by atoms with Crippen LogP contribution in [0, 0.1) is 6.92 Å². The van der Waals surface area contributed by atoms with E-state index in [2.05, 4.69) is 148 Å². The van der Waals surface area contributed by atoms with E-state index in [-0.39, 0.29) is 0 Å². The van der Waals surface area contributed by atoms with Crippen LogP contribution in [0.5, 0.6) is 0 Å². The maximum atomic E-state index is 6.77. The molecule has 0 fully saturated rings. The minimum Gasteiger partial charge on any atom is -0.397 e. The second-order valence-electron chi connectivity index (χ2n) is 12.3. The standard InChI is InChI=1S/C44H38N4/c1-4-31(32-12-7-5-8-13-32)20-18-29(2)41(45)42-30(3)19-25-39(46-42)36-16-11-17-37(28-36)40-27-24-35-22-21-34-23-26-38(33-14-9-6-10-15-33)47-43(34)44(35)48-40/h5-28,31H,4,45H2,1-3H3/b20-18-,41-29-. The van der Waals surface area contributed by atoms with Gasteiger partial charge in [0.2, 0.25) is 0 Å². The normalized spacial score (nSPS) is 12.8.